The van der Waals surface area contributed by atoms with Crippen LogP contribution in [0.1, 0.15) is 15.9 Å². The van der Waals surface area contributed by atoms with Crippen LogP contribution in [-0.4, -0.2) is 20.7 Å². The van der Waals surface area contributed by atoms with Gasteiger partial charge in [-0.1, -0.05) is 6.07 Å². The fourth-order valence-corrected chi connectivity index (χ4v) is 3.12. The molecular weight excluding hydrogens is 400 g/mol. The average Bonchev–Trinajstić information content (AvgIpc) is 3.10. The molecule has 0 spiro atoms. The number of rotatable bonds is 3. The first-order valence-corrected chi connectivity index (χ1v) is 8.78. The summed E-state index contributed by atoms with van der Waals surface area (Å²) in [5, 5.41) is 7.33. The molecule has 2 aromatic carbocycles. The number of fused-ring (bicyclic) bond motifs is 1. The van der Waals surface area contributed by atoms with Gasteiger partial charge < -0.3 is 5.32 Å². The van der Waals surface area contributed by atoms with Gasteiger partial charge in [0.25, 0.3) is 5.91 Å². The zero-order valence-electron chi connectivity index (χ0n) is 15.5. The summed E-state index contributed by atoms with van der Waals surface area (Å²) in [5.41, 5.74) is 0.507. The molecule has 0 bridgehead atoms. The maximum Gasteiger partial charge on any atom is 0.416 e. The Balaban J connectivity index is 1.68. The van der Waals surface area contributed by atoms with Crippen LogP contribution in [0.15, 0.2) is 61.1 Å². The fourth-order valence-electron chi connectivity index (χ4n) is 3.12. The standard InChI is InChI=1S/C21H14F4N4O/c1-29-19-11-26-9-16(17(19)10-27-29)15-8-14(5-6-18(15)22)28-20(30)12-3-2-4-13(7-12)21(23,24)25/h2-11H,1H3,(H,28,30). The number of alkyl halides is 3. The molecule has 2 heterocycles. The van der Waals surface area contributed by atoms with Gasteiger partial charge in [0.15, 0.2) is 0 Å². The molecule has 0 aliphatic carbocycles. The highest BCUT2D eigenvalue weighted by atomic mass is 19.4. The molecule has 0 fully saturated rings. The summed E-state index contributed by atoms with van der Waals surface area (Å²) >= 11 is 0. The first-order valence-electron chi connectivity index (χ1n) is 8.78. The Hall–Kier alpha value is -3.75. The highest BCUT2D eigenvalue weighted by molar-refractivity contribution is 6.05. The van der Waals surface area contributed by atoms with Gasteiger partial charge in [-0.25, -0.2) is 4.39 Å². The summed E-state index contributed by atoms with van der Waals surface area (Å²) < 4.78 is 54.8. The zero-order chi connectivity index (χ0) is 21.5. The lowest BCUT2D eigenvalue weighted by molar-refractivity contribution is -0.137. The molecule has 1 N–H and O–H groups in total. The number of anilines is 1. The number of aryl methyl sites for hydroxylation is 1. The Morgan fingerprint density at radius 1 is 1.03 bits per heavy atom. The lowest BCUT2D eigenvalue weighted by Crippen LogP contribution is -2.14. The van der Waals surface area contributed by atoms with Crippen LogP contribution in [0.4, 0.5) is 23.2 Å². The molecule has 2 aromatic heterocycles. The monoisotopic (exact) mass is 414 g/mol. The van der Waals surface area contributed by atoms with Gasteiger partial charge in [0.05, 0.1) is 23.5 Å². The summed E-state index contributed by atoms with van der Waals surface area (Å²) in [5.74, 6) is -1.28. The quantitative estimate of drug-likeness (QED) is 0.478. The topological polar surface area (TPSA) is 59.8 Å². The number of benzene rings is 2. The molecule has 0 aliphatic rings. The predicted octanol–water partition coefficient (Wildman–Crippen LogP) is 5.05. The smallest absolute Gasteiger partial charge is 0.322 e. The molecule has 152 valence electrons. The Morgan fingerprint density at radius 3 is 2.60 bits per heavy atom. The molecule has 0 atom stereocenters. The second-order valence-corrected chi connectivity index (χ2v) is 6.62. The van der Waals surface area contributed by atoms with E-state index in [0.29, 0.717) is 16.5 Å². The third kappa shape index (κ3) is 3.61. The maximum atomic E-state index is 14.5. The fraction of sp³-hybridized carbons (Fsp3) is 0.0952. The molecular formula is C21H14F4N4O. The first kappa shape index (κ1) is 19.6. The van der Waals surface area contributed by atoms with E-state index < -0.39 is 23.5 Å². The number of hydrogen-bond acceptors (Lipinski definition) is 3. The number of halogens is 4. The van der Waals surface area contributed by atoms with Crippen LogP contribution in [0.25, 0.3) is 22.0 Å². The average molecular weight is 414 g/mol. The van der Waals surface area contributed by atoms with Crippen molar-refractivity contribution in [2.45, 2.75) is 6.18 Å². The minimum atomic E-state index is -4.56. The Morgan fingerprint density at radius 2 is 1.83 bits per heavy atom. The van der Waals surface area contributed by atoms with E-state index >= 15 is 0 Å². The van der Waals surface area contributed by atoms with Gasteiger partial charge in [-0.05, 0) is 36.4 Å². The number of carbonyl (C=O) groups excluding carboxylic acids is 1. The van der Waals surface area contributed by atoms with Crippen LogP contribution in [0, 0.1) is 5.82 Å². The van der Waals surface area contributed by atoms with Gasteiger partial charge in [-0.15, -0.1) is 0 Å². The molecule has 0 saturated heterocycles. The first-order chi connectivity index (χ1) is 14.2. The number of nitrogens with zero attached hydrogens (tertiary/aromatic N) is 3. The number of carbonyl (C=O) groups is 1. The SMILES string of the molecule is Cn1ncc2c(-c3cc(NC(=O)c4cccc(C(F)(F)F)c4)ccc3F)cncc21. The van der Waals surface area contributed by atoms with E-state index in [2.05, 4.69) is 15.4 Å². The van der Waals surface area contributed by atoms with E-state index in [1.54, 1.807) is 24.1 Å². The Bertz CT molecular complexity index is 1260. The summed E-state index contributed by atoms with van der Waals surface area (Å²) in [7, 11) is 1.73. The van der Waals surface area contributed by atoms with E-state index in [1.165, 1.54) is 30.5 Å². The lowest BCUT2D eigenvalue weighted by atomic mass is 10.0. The van der Waals surface area contributed by atoms with Crippen molar-refractivity contribution in [2.24, 2.45) is 7.05 Å². The predicted molar refractivity (Wildman–Crippen MR) is 103 cm³/mol. The number of amides is 1. The minimum absolute atomic E-state index is 0.160. The summed E-state index contributed by atoms with van der Waals surface area (Å²) in [6.07, 6.45) is 0.109. The van der Waals surface area contributed by atoms with Gasteiger partial charge in [-0.3, -0.25) is 14.5 Å². The van der Waals surface area contributed by atoms with E-state index in [9.17, 15) is 22.4 Å². The number of nitrogens with one attached hydrogen (secondary N) is 1. The molecule has 0 radical (unpaired) electrons. The highest BCUT2D eigenvalue weighted by Gasteiger charge is 2.30. The number of hydrogen-bond donors (Lipinski definition) is 1. The van der Waals surface area contributed by atoms with Crippen molar-refractivity contribution in [2.75, 3.05) is 5.32 Å². The lowest BCUT2D eigenvalue weighted by Gasteiger charge is -2.11. The number of pyridine rings is 1. The largest absolute Gasteiger partial charge is 0.416 e. The van der Waals surface area contributed by atoms with E-state index in [-0.39, 0.29) is 16.8 Å². The van der Waals surface area contributed by atoms with E-state index in [0.717, 1.165) is 18.2 Å². The van der Waals surface area contributed by atoms with Crippen LogP contribution < -0.4 is 5.32 Å². The molecule has 4 aromatic rings. The van der Waals surface area contributed by atoms with Gasteiger partial charge in [-0.2, -0.15) is 18.3 Å². The van der Waals surface area contributed by atoms with Gasteiger partial charge in [0, 0.05) is 41.0 Å². The van der Waals surface area contributed by atoms with Crippen molar-refractivity contribution in [3.05, 3.63) is 78.0 Å². The molecule has 0 saturated carbocycles. The van der Waals surface area contributed by atoms with Crippen LogP contribution in [0.2, 0.25) is 0 Å². The van der Waals surface area contributed by atoms with E-state index in [4.69, 9.17) is 0 Å². The summed E-state index contributed by atoms with van der Waals surface area (Å²) in [6, 6.07) is 7.99. The third-order valence-electron chi connectivity index (χ3n) is 4.64. The van der Waals surface area contributed by atoms with Gasteiger partial charge in [0.2, 0.25) is 0 Å². The van der Waals surface area contributed by atoms with Gasteiger partial charge >= 0.3 is 6.18 Å². The van der Waals surface area contributed by atoms with Crippen molar-refractivity contribution in [1.29, 1.82) is 0 Å². The molecule has 0 unspecified atom stereocenters. The molecule has 30 heavy (non-hydrogen) atoms. The normalized spacial score (nSPS) is 11.6. The van der Waals surface area contributed by atoms with Crippen molar-refractivity contribution >= 4 is 22.5 Å². The maximum absolute atomic E-state index is 14.5. The molecule has 1 amide bonds. The van der Waals surface area contributed by atoms with Gasteiger partial charge in [0.1, 0.15) is 5.82 Å². The Labute approximate surface area is 168 Å². The van der Waals surface area contributed by atoms with Crippen LogP contribution in [-0.2, 0) is 13.2 Å². The molecule has 0 aliphatic heterocycles. The van der Waals surface area contributed by atoms with Crippen molar-refractivity contribution < 1.29 is 22.4 Å². The van der Waals surface area contributed by atoms with Crippen LogP contribution >= 0.6 is 0 Å². The zero-order valence-corrected chi connectivity index (χ0v) is 15.5. The van der Waals surface area contributed by atoms with Crippen LogP contribution in [0.5, 0.6) is 0 Å². The molecule has 5 nitrogen and oxygen atoms in total. The highest BCUT2D eigenvalue weighted by Crippen LogP contribution is 2.32. The molecule has 4 rings (SSSR count). The van der Waals surface area contributed by atoms with E-state index in [1.807, 2.05) is 0 Å². The second-order valence-electron chi connectivity index (χ2n) is 6.62. The van der Waals surface area contributed by atoms with Crippen molar-refractivity contribution in [3.63, 3.8) is 0 Å². The third-order valence-corrected chi connectivity index (χ3v) is 4.64. The number of aromatic nitrogens is 3. The summed E-state index contributed by atoms with van der Waals surface area (Å²) in [6.45, 7) is 0. The second kappa shape index (κ2) is 7.25. The minimum Gasteiger partial charge on any atom is -0.322 e. The summed E-state index contributed by atoms with van der Waals surface area (Å²) in [4.78, 5) is 16.6. The van der Waals surface area contributed by atoms with Crippen molar-refractivity contribution in [1.82, 2.24) is 14.8 Å². The van der Waals surface area contributed by atoms with Crippen molar-refractivity contribution in [3.8, 4) is 11.1 Å². The Kier molecular flexibility index (Phi) is 4.73. The molecule has 9 heteroatoms. The van der Waals surface area contributed by atoms with Crippen LogP contribution in [0.3, 0.4) is 0 Å².